The van der Waals surface area contributed by atoms with Crippen LogP contribution in [0, 0.1) is 5.92 Å². The second kappa shape index (κ2) is 8.77. The average Bonchev–Trinajstić information content (AvgIpc) is 3.21. The van der Waals surface area contributed by atoms with Gasteiger partial charge in [0.05, 0.1) is 11.2 Å². The molecule has 2 aliphatic heterocycles. The molecule has 4 heterocycles. The highest BCUT2D eigenvalue weighted by atomic mass is 32.1. The van der Waals surface area contributed by atoms with Crippen LogP contribution in [-0.4, -0.2) is 58.6 Å². The average molecular weight is 417 g/mol. The number of ether oxygens (including phenoxy) is 1. The number of carbonyl (C=O) groups excluding carboxylic acids is 1. The third-order valence-electron chi connectivity index (χ3n) is 5.82. The molecular weight excluding hydrogens is 388 g/mol. The van der Waals surface area contributed by atoms with E-state index >= 15 is 0 Å². The molecule has 156 valence electrons. The van der Waals surface area contributed by atoms with Gasteiger partial charge in [0.15, 0.2) is 0 Å². The van der Waals surface area contributed by atoms with Crippen LogP contribution in [0.25, 0.3) is 0 Å². The lowest BCUT2D eigenvalue weighted by molar-refractivity contribution is -0.138. The number of carbonyl (C=O) groups is 1. The van der Waals surface area contributed by atoms with Crippen molar-refractivity contribution in [1.29, 1.82) is 0 Å². The molecule has 2 aromatic heterocycles. The molecule has 2 atom stereocenters. The van der Waals surface area contributed by atoms with Gasteiger partial charge in [-0.25, -0.2) is 4.98 Å². The molecule has 0 aromatic carbocycles. The van der Waals surface area contributed by atoms with Gasteiger partial charge in [0.25, 0.3) is 5.56 Å². The first-order valence-electron chi connectivity index (χ1n) is 10.2. The van der Waals surface area contributed by atoms with Gasteiger partial charge in [-0.1, -0.05) is 6.07 Å². The Morgan fingerprint density at radius 2 is 2.17 bits per heavy atom. The summed E-state index contributed by atoms with van der Waals surface area (Å²) in [6.45, 7) is 5.99. The predicted octanol–water partition coefficient (Wildman–Crippen LogP) is 1.92. The predicted molar refractivity (Wildman–Crippen MR) is 112 cm³/mol. The lowest BCUT2D eigenvalue weighted by atomic mass is 9.83. The molecular formula is C21H28N4O3S. The van der Waals surface area contributed by atoms with Crippen molar-refractivity contribution < 1.29 is 9.53 Å². The van der Waals surface area contributed by atoms with Crippen molar-refractivity contribution in [2.24, 2.45) is 5.92 Å². The Hall–Kier alpha value is -2.03. The molecule has 7 nitrogen and oxygen atoms in total. The van der Waals surface area contributed by atoms with Crippen molar-refractivity contribution in [2.75, 3.05) is 33.4 Å². The fraction of sp³-hybridized carbons (Fsp3) is 0.571. The molecule has 0 saturated carbocycles. The molecule has 1 fully saturated rings. The maximum Gasteiger partial charge on any atom is 0.255 e. The normalized spacial score (nSPS) is 20.7. The van der Waals surface area contributed by atoms with Crippen LogP contribution in [0.15, 0.2) is 27.8 Å². The fourth-order valence-corrected chi connectivity index (χ4v) is 5.08. The number of aromatic nitrogens is 2. The molecule has 0 radical (unpaired) electrons. The molecule has 4 rings (SSSR count). The summed E-state index contributed by atoms with van der Waals surface area (Å²) in [4.78, 5) is 33.9. The zero-order valence-corrected chi connectivity index (χ0v) is 17.9. The van der Waals surface area contributed by atoms with Crippen molar-refractivity contribution in [3.8, 4) is 0 Å². The highest BCUT2D eigenvalue weighted by molar-refractivity contribution is 7.07. The molecule has 1 saturated heterocycles. The monoisotopic (exact) mass is 416 g/mol. The van der Waals surface area contributed by atoms with E-state index in [-0.39, 0.29) is 24.0 Å². The number of piperidine rings is 1. The minimum absolute atomic E-state index is 0.0534. The highest BCUT2D eigenvalue weighted by Crippen LogP contribution is 2.35. The fourth-order valence-electron chi connectivity index (χ4n) is 4.53. The summed E-state index contributed by atoms with van der Waals surface area (Å²) < 4.78 is 7.25. The van der Waals surface area contributed by atoms with Crippen molar-refractivity contribution in [2.45, 2.75) is 38.9 Å². The van der Waals surface area contributed by atoms with Gasteiger partial charge in [-0.2, -0.15) is 0 Å². The Kier molecular flexibility index (Phi) is 6.12. The molecule has 2 aromatic rings. The summed E-state index contributed by atoms with van der Waals surface area (Å²) >= 11 is 1.59. The zero-order chi connectivity index (χ0) is 20.4. The zero-order valence-electron chi connectivity index (χ0n) is 17.0. The molecule has 0 N–H and O–H groups in total. The lowest BCUT2D eigenvalue weighted by Gasteiger charge is -2.43. The van der Waals surface area contributed by atoms with E-state index in [1.165, 1.54) is 0 Å². The Morgan fingerprint density at radius 3 is 2.93 bits per heavy atom. The Balaban J connectivity index is 1.48. The summed E-state index contributed by atoms with van der Waals surface area (Å²) in [6, 6.07) is 4.05. The van der Waals surface area contributed by atoms with Crippen molar-refractivity contribution in [1.82, 2.24) is 19.4 Å². The summed E-state index contributed by atoms with van der Waals surface area (Å²) in [7, 11) is 2.01. The number of likely N-dealkylation sites (tertiary alicyclic amines) is 1. The van der Waals surface area contributed by atoms with E-state index in [1.807, 2.05) is 40.4 Å². The number of thiazole rings is 1. The summed E-state index contributed by atoms with van der Waals surface area (Å²) in [5.41, 5.74) is 4.85. The number of rotatable bonds is 7. The van der Waals surface area contributed by atoms with Gasteiger partial charge in [-0.05, 0) is 32.4 Å². The third kappa shape index (κ3) is 4.44. The van der Waals surface area contributed by atoms with Crippen LogP contribution in [-0.2, 0) is 29.2 Å². The van der Waals surface area contributed by atoms with Gasteiger partial charge in [-0.3, -0.25) is 14.5 Å². The Bertz CT molecular complexity index is 911. The third-order valence-corrected chi connectivity index (χ3v) is 6.46. The molecule has 0 spiro atoms. The SMILES string of the molecule is CCOCC(=O)N1C[C@@H]2C[C@H](C1)c1ccc(CN(C)Cc3cscn3)c(=O)n1C2. The first kappa shape index (κ1) is 20.3. The molecule has 2 bridgehead atoms. The highest BCUT2D eigenvalue weighted by Gasteiger charge is 2.36. The molecule has 8 heteroatoms. The number of hydrogen-bond acceptors (Lipinski definition) is 6. The van der Waals surface area contributed by atoms with Crippen LogP contribution in [0.3, 0.4) is 0 Å². The summed E-state index contributed by atoms with van der Waals surface area (Å²) in [5.74, 6) is 0.604. The van der Waals surface area contributed by atoms with E-state index < -0.39 is 0 Å². The van der Waals surface area contributed by atoms with Crippen LogP contribution in [0.2, 0.25) is 0 Å². The number of fused-ring (bicyclic) bond motifs is 4. The van der Waals surface area contributed by atoms with Gasteiger partial charge in [-0.15, -0.1) is 11.3 Å². The molecule has 2 aliphatic rings. The number of amides is 1. The van der Waals surface area contributed by atoms with Crippen molar-refractivity contribution >= 4 is 17.2 Å². The van der Waals surface area contributed by atoms with E-state index in [2.05, 4.69) is 16.0 Å². The number of nitrogens with zero attached hydrogens (tertiary/aromatic N) is 4. The Morgan fingerprint density at radius 1 is 1.31 bits per heavy atom. The molecule has 29 heavy (non-hydrogen) atoms. The van der Waals surface area contributed by atoms with E-state index in [4.69, 9.17) is 4.74 Å². The second-order valence-corrected chi connectivity index (χ2v) is 8.80. The van der Waals surface area contributed by atoms with Crippen LogP contribution in [0.5, 0.6) is 0 Å². The van der Waals surface area contributed by atoms with Crippen LogP contribution in [0.1, 0.15) is 36.2 Å². The van der Waals surface area contributed by atoms with Gasteiger partial charge < -0.3 is 14.2 Å². The van der Waals surface area contributed by atoms with Gasteiger partial charge >= 0.3 is 0 Å². The van der Waals surface area contributed by atoms with Crippen LogP contribution >= 0.6 is 11.3 Å². The second-order valence-electron chi connectivity index (χ2n) is 8.09. The van der Waals surface area contributed by atoms with Crippen molar-refractivity contribution in [3.63, 3.8) is 0 Å². The lowest BCUT2D eigenvalue weighted by Crippen LogP contribution is -2.50. The van der Waals surface area contributed by atoms with Crippen LogP contribution in [0.4, 0.5) is 0 Å². The summed E-state index contributed by atoms with van der Waals surface area (Å²) in [6.07, 6.45) is 1.04. The summed E-state index contributed by atoms with van der Waals surface area (Å²) in [5, 5.41) is 2.04. The molecule has 1 amide bonds. The molecule has 0 aliphatic carbocycles. The van der Waals surface area contributed by atoms with E-state index in [1.54, 1.807) is 11.3 Å². The smallest absolute Gasteiger partial charge is 0.255 e. The first-order valence-corrected chi connectivity index (χ1v) is 11.1. The maximum atomic E-state index is 13.2. The molecule has 0 unspecified atom stereocenters. The quantitative estimate of drug-likeness (QED) is 0.690. The topological polar surface area (TPSA) is 67.7 Å². The number of hydrogen-bond donors (Lipinski definition) is 0. The minimum Gasteiger partial charge on any atom is -0.372 e. The van der Waals surface area contributed by atoms with Crippen molar-refractivity contribution in [3.05, 3.63) is 50.3 Å². The standard InChI is InChI=1S/C21H28N4O3S/c1-3-28-12-20(26)24-7-15-6-17(10-24)19-5-4-16(21(27)25(19)8-15)9-23(2)11-18-13-29-14-22-18/h4-5,13-15,17H,3,6-12H2,1-2H3/t15-,17+/m0/s1. The first-order chi connectivity index (χ1) is 14.0. The van der Waals surface area contributed by atoms with Gasteiger partial charge in [0.2, 0.25) is 5.91 Å². The minimum atomic E-state index is 0.0534. The van der Waals surface area contributed by atoms with E-state index in [0.29, 0.717) is 38.7 Å². The van der Waals surface area contributed by atoms with Crippen LogP contribution < -0.4 is 5.56 Å². The largest absolute Gasteiger partial charge is 0.372 e. The van der Waals surface area contributed by atoms with Gasteiger partial charge in [0.1, 0.15) is 6.61 Å². The van der Waals surface area contributed by atoms with Gasteiger partial charge in [0, 0.05) is 61.9 Å². The number of pyridine rings is 1. The van der Waals surface area contributed by atoms with E-state index in [0.717, 1.165) is 29.9 Å². The Labute approximate surface area is 174 Å². The maximum absolute atomic E-state index is 13.2. The van der Waals surface area contributed by atoms with E-state index in [9.17, 15) is 9.59 Å².